The molecule has 22 heavy (non-hydrogen) atoms. The topological polar surface area (TPSA) is 89.8 Å². The molecule has 0 heterocycles. The third-order valence-corrected chi connectivity index (χ3v) is 4.62. The van der Waals surface area contributed by atoms with Crippen molar-refractivity contribution in [3.05, 3.63) is 33.8 Å². The van der Waals surface area contributed by atoms with Crippen LogP contribution in [-0.4, -0.2) is 35.3 Å². The van der Waals surface area contributed by atoms with E-state index in [2.05, 4.69) is 5.32 Å². The summed E-state index contributed by atoms with van der Waals surface area (Å²) >= 11 is 6.25. The first-order valence-corrected chi connectivity index (χ1v) is 7.86. The minimum Gasteiger partial charge on any atom is -0.481 e. The van der Waals surface area contributed by atoms with Crippen molar-refractivity contribution < 1.29 is 19.9 Å². The van der Waals surface area contributed by atoms with Crippen LogP contribution < -0.4 is 5.32 Å². The SMILES string of the molecule is CNCc1cc2c(cc1Cl)CC(CCCB(O)O)C2C(=O)O. The van der Waals surface area contributed by atoms with Crippen molar-refractivity contribution >= 4 is 24.7 Å². The van der Waals surface area contributed by atoms with E-state index in [-0.39, 0.29) is 12.2 Å². The van der Waals surface area contributed by atoms with Gasteiger partial charge in [0, 0.05) is 11.6 Å². The molecule has 1 aromatic carbocycles. The van der Waals surface area contributed by atoms with Gasteiger partial charge in [-0.3, -0.25) is 4.79 Å². The average Bonchev–Trinajstić information content (AvgIpc) is 2.76. The van der Waals surface area contributed by atoms with Crippen molar-refractivity contribution in [2.75, 3.05) is 7.05 Å². The highest BCUT2D eigenvalue weighted by Gasteiger charge is 2.37. The molecule has 2 atom stereocenters. The summed E-state index contributed by atoms with van der Waals surface area (Å²) in [5.74, 6) is -1.39. The first-order valence-electron chi connectivity index (χ1n) is 7.48. The van der Waals surface area contributed by atoms with Crippen LogP contribution >= 0.6 is 11.6 Å². The summed E-state index contributed by atoms with van der Waals surface area (Å²) < 4.78 is 0. The number of carbonyl (C=O) groups is 1. The number of rotatable bonds is 7. The second-order valence-electron chi connectivity index (χ2n) is 5.86. The van der Waals surface area contributed by atoms with E-state index >= 15 is 0 Å². The zero-order valence-corrected chi connectivity index (χ0v) is 13.3. The maximum absolute atomic E-state index is 11.7. The van der Waals surface area contributed by atoms with Crippen LogP contribution in [-0.2, 0) is 17.8 Å². The zero-order chi connectivity index (χ0) is 16.3. The number of hydrogen-bond donors (Lipinski definition) is 4. The quantitative estimate of drug-likeness (QED) is 0.572. The molecular formula is C15H21BClNO4. The van der Waals surface area contributed by atoms with Gasteiger partial charge in [-0.2, -0.15) is 0 Å². The van der Waals surface area contributed by atoms with Crippen molar-refractivity contribution in [3.63, 3.8) is 0 Å². The Morgan fingerprint density at radius 2 is 2.18 bits per heavy atom. The summed E-state index contributed by atoms with van der Waals surface area (Å²) in [6, 6.07) is 3.77. The number of fused-ring (bicyclic) bond motifs is 1. The van der Waals surface area contributed by atoms with E-state index in [1.54, 1.807) is 0 Å². The van der Waals surface area contributed by atoms with Crippen molar-refractivity contribution in [1.82, 2.24) is 5.32 Å². The molecule has 0 aliphatic heterocycles. The molecule has 0 saturated heterocycles. The fourth-order valence-electron chi connectivity index (χ4n) is 3.29. The fourth-order valence-corrected chi connectivity index (χ4v) is 3.54. The monoisotopic (exact) mass is 325 g/mol. The van der Waals surface area contributed by atoms with Crippen molar-refractivity contribution in [2.24, 2.45) is 5.92 Å². The third kappa shape index (κ3) is 3.81. The van der Waals surface area contributed by atoms with Gasteiger partial charge in [0.05, 0.1) is 5.92 Å². The molecule has 2 rings (SSSR count). The molecule has 2 unspecified atom stereocenters. The van der Waals surface area contributed by atoms with Crippen molar-refractivity contribution in [2.45, 2.75) is 38.0 Å². The minimum atomic E-state index is -1.33. The first-order chi connectivity index (χ1) is 10.4. The summed E-state index contributed by atoms with van der Waals surface area (Å²) in [4.78, 5) is 11.7. The van der Waals surface area contributed by atoms with Gasteiger partial charge in [0.25, 0.3) is 0 Å². The summed E-state index contributed by atoms with van der Waals surface area (Å²) in [6.07, 6.45) is 2.19. The Hall–Kier alpha value is -1.08. The Balaban J connectivity index is 2.21. The molecule has 0 aromatic heterocycles. The molecule has 1 aromatic rings. The summed E-state index contributed by atoms with van der Waals surface area (Å²) in [7, 11) is 0.491. The Bertz CT molecular complexity index is 553. The molecule has 1 aliphatic carbocycles. The molecule has 0 spiro atoms. The lowest BCUT2D eigenvalue weighted by Gasteiger charge is -2.16. The summed E-state index contributed by atoms with van der Waals surface area (Å²) in [5.41, 5.74) is 2.74. The summed E-state index contributed by atoms with van der Waals surface area (Å²) in [6.45, 7) is 0.597. The van der Waals surface area contributed by atoms with Crippen molar-refractivity contribution in [1.29, 1.82) is 0 Å². The predicted octanol–water partition coefficient (Wildman–Crippen LogP) is 1.65. The van der Waals surface area contributed by atoms with E-state index in [1.807, 2.05) is 19.2 Å². The maximum Gasteiger partial charge on any atom is 0.451 e. The van der Waals surface area contributed by atoms with Gasteiger partial charge < -0.3 is 20.5 Å². The Morgan fingerprint density at radius 3 is 2.77 bits per heavy atom. The fraction of sp³-hybridized carbons (Fsp3) is 0.533. The summed E-state index contributed by atoms with van der Waals surface area (Å²) in [5, 5.41) is 31.1. The highest BCUT2D eigenvalue weighted by molar-refractivity contribution is 6.40. The number of benzene rings is 1. The molecule has 0 amide bonds. The van der Waals surface area contributed by atoms with Crippen LogP contribution in [0.2, 0.25) is 11.3 Å². The minimum absolute atomic E-state index is 0.0212. The number of carboxylic acid groups (broad SMARTS) is 1. The molecule has 5 nitrogen and oxygen atoms in total. The highest BCUT2D eigenvalue weighted by atomic mass is 35.5. The lowest BCUT2D eigenvalue weighted by molar-refractivity contribution is -0.139. The van der Waals surface area contributed by atoms with Crippen LogP contribution in [0, 0.1) is 5.92 Å². The molecule has 0 bridgehead atoms. The molecule has 4 N–H and O–H groups in total. The smallest absolute Gasteiger partial charge is 0.451 e. The number of halogens is 1. The van der Waals surface area contributed by atoms with Gasteiger partial charge in [-0.15, -0.1) is 0 Å². The first kappa shape index (κ1) is 17.3. The van der Waals surface area contributed by atoms with E-state index in [9.17, 15) is 9.90 Å². The van der Waals surface area contributed by atoms with Gasteiger partial charge in [-0.25, -0.2) is 0 Å². The number of aliphatic carboxylic acids is 1. The Morgan fingerprint density at radius 1 is 1.45 bits per heavy atom. The van der Waals surface area contributed by atoms with Crippen LogP contribution in [0.5, 0.6) is 0 Å². The zero-order valence-electron chi connectivity index (χ0n) is 12.6. The van der Waals surface area contributed by atoms with E-state index in [0.717, 1.165) is 16.7 Å². The normalized spacial score (nSPS) is 20.0. The van der Waals surface area contributed by atoms with Gasteiger partial charge in [-0.05, 0) is 54.9 Å². The predicted molar refractivity (Wildman–Crippen MR) is 86.0 cm³/mol. The van der Waals surface area contributed by atoms with Crippen LogP contribution in [0.25, 0.3) is 0 Å². The molecule has 7 heteroatoms. The van der Waals surface area contributed by atoms with Gasteiger partial charge in [0.1, 0.15) is 0 Å². The van der Waals surface area contributed by atoms with Crippen LogP contribution in [0.15, 0.2) is 12.1 Å². The average molecular weight is 326 g/mol. The van der Waals surface area contributed by atoms with Gasteiger partial charge in [0.15, 0.2) is 0 Å². The van der Waals surface area contributed by atoms with Crippen LogP contribution in [0.4, 0.5) is 0 Å². The number of hydrogen-bond acceptors (Lipinski definition) is 4. The maximum atomic E-state index is 11.7. The molecular weight excluding hydrogens is 304 g/mol. The molecule has 0 radical (unpaired) electrons. The van der Waals surface area contributed by atoms with Crippen molar-refractivity contribution in [3.8, 4) is 0 Å². The van der Waals surface area contributed by atoms with Crippen LogP contribution in [0.1, 0.15) is 35.4 Å². The third-order valence-electron chi connectivity index (χ3n) is 4.27. The highest BCUT2D eigenvalue weighted by Crippen LogP contribution is 2.42. The lowest BCUT2D eigenvalue weighted by atomic mass is 9.80. The number of nitrogens with one attached hydrogen (secondary N) is 1. The van der Waals surface area contributed by atoms with E-state index < -0.39 is 19.0 Å². The van der Waals surface area contributed by atoms with Gasteiger partial charge in [-0.1, -0.05) is 24.1 Å². The number of carboxylic acids is 1. The van der Waals surface area contributed by atoms with Gasteiger partial charge >= 0.3 is 13.1 Å². The molecule has 0 fully saturated rings. The Kier molecular flexibility index (Phi) is 5.86. The molecule has 1 aliphatic rings. The van der Waals surface area contributed by atoms with Crippen LogP contribution in [0.3, 0.4) is 0 Å². The molecule has 0 saturated carbocycles. The van der Waals surface area contributed by atoms with Gasteiger partial charge in [0.2, 0.25) is 0 Å². The largest absolute Gasteiger partial charge is 0.481 e. The second kappa shape index (κ2) is 7.46. The second-order valence-corrected chi connectivity index (χ2v) is 6.27. The standard InChI is InChI=1S/C15H21BClNO4/c1-18-8-11-6-12-10(7-13(11)17)5-9(14(12)15(19)20)3-2-4-16(21)22/h6-7,9,14,18,21-22H,2-5,8H2,1H3,(H,19,20). The van der Waals surface area contributed by atoms with E-state index in [4.69, 9.17) is 21.6 Å². The van der Waals surface area contributed by atoms with E-state index in [0.29, 0.717) is 30.8 Å². The Labute approximate surface area is 135 Å². The molecule has 120 valence electrons. The lowest BCUT2D eigenvalue weighted by Crippen LogP contribution is -2.19. The van der Waals surface area contributed by atoms with E-state index in [1.165, 1.54) is 0 Å².